The van der Waals surface area contributed by atoms with Crippen molar-refractivity contribution in [3.63, 3.8) is 0 Å². The van der Waals surface area contributed by atoms with E-state index >= 15 is 0 Å². The Bertz CT molecular complexity index is 431. The molecule has 8 nitrogen and oxygen atoms in total. The fourth-order valence-electron chi connectivity index (χ4n) is 3.95. The Morgan fingerprint density at radius 2 is 2.17 bits per heavy atom. The van der Waals surface area contributed by atoms with Gasteiger partial charge in [0.15, 0.2) is 0 Å². The third-order valence-corrected chi connectivity index (χ3v) is 5.31. The molecule has 0 spiro atoms. The van der Waals surface area contributed by atoms with Crippen molar-refractivity contribution < 1.29 is 9.53 Å². The fraction of sp³-hybridized carbons (Fsp3) is 0.875. The number of esters is 1. The van der Waals surface area contributed by atoms with Crippen molar-refractivity contribution in [2.24, 2.45) is 34.4 Å². The van der Waals surface area contributed by atoms with Crippen LogP contribution in [0.15, 0.2) is 5.10 Å². The van der Waals surface area contributed by atoms with E-state index in [1.165, 1.54) is 12.8 Å². The van der Waals surface area contributed by atoms with E-state index in [9.17, 15) is 4.79 Å². The summed E-state index contributed by atoms with van der Waals surface area (Å²) in [4.78, 5) is 12.2. The molecule has 4 unspecified atom stereocenters. The zero-order valence-corrected chi connectivity index (χ0v) is 14.6. The van der Waals surface area contributed by atoms with Crippen LogP contribution < -0.4 is 27.7 Å². The minimum Gasteiger partial charge on any atom is -0.463 e. The summed E-state index contributed by atoms with van der Waals surface area (Å²) in [5.74, 6) is 7.50. The van der Waals surface area contributed by atoms with E-state index in [4.69, 9.17) is 16.3 Å². The van der Waals surface area contributed by atoms with Crippen LogP contribution in [-0.2, 0) is 9.53 Å². The molecule has 4 atom stereocenters. The molecule has 1 saturated carbocycles. The Balaban J connectivity index is 1.78. The third kappa shape index (κ3) is 5.61. The van der Waals surface area contributed by atoms with Gasteiger partial charge in [-0.15, -0.1) is 0 Å². The first-order valence-corrected chi connectivity index (χ1v) is 8.96. The summed E-state index contributed by atoms with van der Waals surface area (Å²) in [5.41, 5.74) is 8.02. The molecule has 7 N–H and O–H groups in total. The average molecular weight is 340 g/mol. The second-order valence-corrected chi connectivity index (χ2v) is 6.94. The number of hydrazine groups is 1. The maximum Gasteiger partial charge on any atom is 0.323 e. The number of rotatable bonds is 8. The monoisotopic (exact) mass is 340 g/mol. The maximum absolute atomic E-state index is 12.2. The highest BCUT2D eigenvalue weighted by atomic mass is 16.5. The number of piperidine rings is 1. The predicted octanol–water partition coefficient (Wildman–Crippen LogP) is -0.341. The van der Waals surface area contributed by atoms with Crippen molar-refractivity contribution in [3.8, 4) is 0 Å². The molecule has 0 bridgehead atoms. The molecule has 138 valence electrons. The van der Waals surface area contributed by atoms with E-state index in [1.807, 2.05) is 7.05 Å². The van der Waals surface area contributed by atoms with Crippen LogP contribution in [0.2, 0.25) is 0 Å². The van der Waals surface area contributed by atoms with Crippen LogP contribution in [0, 0.1) is 17.8 Å². The molecule has 0 aromatic carbocycles. The number of fused-ring (bicyclic) bond motifs is 1. The van der Waals surface area contributed by atoms with Crippen molar-refractivity contribution in [1.82, 2.24) is 16.2 Å². The van der Waals surface area contributed by atoms with E-state index in [0.717, 1.165) is 32.2 Å². The zero-order chi connectivity index (χ0) is 17.4. The standard InChI is InChI=1S/C16H32N6O2/c1-19-6-7-24-16(23)14-9-13-8-11(2-4-12(13)10-20-14)3-5-15(17)21-22-18/h11-14,19-20,22H,2-10,18H2,1H3,(H2,17,21). The molecule has 0 radical (unpaired) electrons. The lowest BCUT2D eigenvalue weighted by molar-refractivity contribution is -0.147. The lowest BCUT2D eigenvalue weighted by atomic mass is 9.69. The first-order valence-electron chi connectivity index (χ1n) is 8.96. The van der Waals surface area contributed by atoms with Gasteiger partial charge in [0.05, 0.1) is 0 Å². The zero-order valence-electron chi connectivity index (χ0n) is 14.6. The number of carbonyl (C=O) groups is 1. The molecule has 2 rings (SSSR count). The highest BCUT2D eigenvalue weighted by Crippen LogP contribution is 2.40. The van der Waals surface area contributed by atoms with Gasteiger partial charge in [-0.25, -0.2) is 11.4 Å². The topological polar surface area (TPSA) is 127 Å². The van der Waals surface area contributed by atoms with Crippen LogP contribution in [0.25, 0.3) is 0 Å². The Labute approximate surface area is 144 Å². The molecule has 1 saturated heterocycles. The molecule has 0 aromatic rings. The first-order chi connectivity index (χ1) is 11.6. The number of nitrogens with zero attached hydrogens (tertiary/aromatic N) is 1. The van der Waals surface area contributed by atoms with Gasteiger partial charge in [0, 0.05) is 13.0 Å². The summed E-state index contributed by atoms with van der Waals surface area (Å²) >= 11 is 0. The van der Waals surface area contributed by atoms with Crippen LogP contribution in [0.5, 0.6) is 0 Å². The summed E-state index contributed by atoms with van der Waals surface area (Å²) in [6, 6.07) is -0.157. The van der Waals surface area contributed by atoms with Crippen LogP contribution in [0.4, 0.5) is 0 Å². The largest absolute Gasteiger partial charge is 0.463 e. The summed E-state index contributed by atoms with van der Waals surface area (Å²) in [6.07, 6.45) is 6.29. The Morgan fingerprint density at radius 3 is 2.92 bits per heavy atom. The number of carbonyl (C=O) groups excluding carboxylic acids is 1. The minimum atomic E-state index is -0.157. The summed E-state index contributed by atoms with van der Waals surface area (Å²) in [6.45, 7) is 2.04. The highest BCUT2D eigenvalue weighted by molar-refractivity contribution is 5.79. The number of amidine groups is 1. The molecular weight excluding hydrogens is 308 g/mol. The van der Waals surface area contributed by atoms with Gasteiger partial charge in [-0.1, -0.05) is 6.42 Å². The first kappa shape index (κ1) is 19.0. The highest BCUT2D eigenvalue weighted by Gasteiger charge is 2.38. The van der Waals surface area contributed by atoms with Gasteiger partial charge >= 0.3 is 5.97 Å². The van der Waals surface area contributed by atoms with E-state index in [2.05, 4.69) is 21.3 Å². The smallest absolute Gasteiger partial charge is 0.323 e. The van der Waals surface area contributed by atoms with Crippen LogP contribution in [0.1, 0.15) is 38.5 Å². The predicted molar refractivity (Wildman–Crippen MR) is 93.8 cm³/mol. The summed E-state index contributed by atoms with van der Waals surface area (Å²) in [5, 5.41) is 10.2. The molecule has 1 heterocycles. The van der Waals surface area contributed by atoms with Gasteiger partial charge in [-0.2, -0.15) is 5.10 Å². The number of nitrogens with two attached hydrogens (primary N) is 2. The van der Waals surface area contributed by atoms with Gasteiger partial charge in [0.25, 0.3) is 0 Å². The second kappa shape index (κ2) is 9.80. The maximum atomic E-state index is 12.2. The van der Waals surface area contributed by atoms with Gasteiger partial charge in [0.1, 0.15) is 18.5 Å². The molecule has 2 aliphatic rings. The summed E-state index contributed by atoms with van der Waals surface area (Å²) in [7, 11) is 1.85. The quantitative estimate of drug-likeness (QED) is 0.102. The number of hydrogen-bond acceptors (Lipinski definition) is 7. The number of nitrogens with one attached hydrogen (secondary N) is 3. The number of hydrogen-bond donors (Lipinski definition) is 5. The SMILES string of the molecule is CNCCOC(=O)C1CC2CC(CC/C(N)=N/NN)CCC2CN1. The van der Waals surface area contributed by atoms with Crippen molar-refractivity contribution in [2.45, 2.75) is 44.6 Å². The molecule has 1 aliphatic carbocycles. The molecule has 0 aromatic heterocycles. The normalized spacial score (nSPS) is 30.5. The van der Waals surface area contributed by atoms with Crippen LogP contribution >= 0.6 is 0 Å². The van der Waals surface area contributed by atoms with E-state index in [1.54, 1.807) is 0 Å². The van der Waals surface area contributed by atoms with E-state index < -0.39 is 0 Å². The van der Waals surface area contributed by atoms with Gasteiger partial charge in [0.2, 0.25) is 0 Å². The Kier molecular flexibility index (Phi) is 7.74. The molecule has 1 aliphatic heterocycles. The average Bonchev–Trinajstić information content (AvgIpc) is 2.59. The second-order valence-electron chi connectivity index (χ2n) is 6.94. The lowest BCUT2D eigenvalue weighted by Crippen LogP contribution is -2.50. The van der Waals surface area contributed by atoms with E-state index in [0.29, 0.717) is 36.7 Å². The molecule has 8 heteroatoms. The number of hydrazone groups is 1. The van der Waals surface area contributed by atoms with Gasteiger partial charge < -0.3 is 21.1 Å². The van der Waals surface area contributed by atoms with Gasteiger partial charge in [-0.05, 0) is 57.0 Å². The van der Waals surface area contributed by atoms with Crippen LogP contribution in [0.3, 0.4) is 0 Å². The third-order valence-electron chi connectivity index (χ3n) is 5.31. The molecular formula is C16H32N6O2. The van der Waals surface area contributed by atoms with Crippen molar-refractivity contribution in [2.75, 3.05) is 26.7 Å². The summed E-state index contributed by atoms with van der Waals surface area (Å²) < 4.78 is 5.32. The van der Waals surface area contributed by atoms with Crippen molar-refractivity contribution in [3.05, 3.63) is 0 Å². The Morgan fingerprint density at radius 1 is 1.33 bits per heavy atom. The Hall–Kier alpha value is -1.38. The van der Waals surface area contributed by atoms with Crippen LogP contribution in [-0.4, -0.2) is 44.6 Å². The fourth-order valence-corrected chi connectivity index (χ4v) is 3.95. The van der Waals surface area contributed by atoms with Crippen molar-refractivity contribution in [1.29, 1.82) is 0 Å². The lowest BCUT2D eigenvalue weighted by Gasteiger charge is -2.42. The number of likely N-dealkylation sites (N-methyl/N-ethyl adjacent to an activating group) is 1. The number of ether oxygens (including phenoxy) is 1. The van der Waals surface area contributed by atoms with E-state index in [-0.39, 0.29) is 12.0 Å². The van der Waals surface area contributed by atoms with Gasteiger partial charge in [-0.3, -0.25) is 4.79 Å². The molecule has 2 fully saturated rings. The molecule has 24 heavy (non-hydrogen) atoms. The van der Waals surface area contributed by atoms with Crippen molar-refractivity contribution >= 4 is 11.8 Å². The molecule has 0 amide bonds. The minimum absolute atomic E-state index is 0.115.